The summed E-state index contributed by atoms with van der Waals surface area (Å²) in [6, 6.07) is 0. The van der Waals surface area contributed by atoms with E-state index in [9.17, 15) is 0 Å². The largest absolute Gasteiger partial charge is 0.372 e. The van der Waals surface area contributed by atoms with Crippen molar-refractivity contribution in [3.8, 4) is 0 Å². The third kappa shape index (κ3) is 8.01. The molecule has 1 heterocycles. The van der Waals surface area contributed by atoms with Crippen LogP contribution < -0.4 is 4.57 Å². The van der Waals surface area contributed by atoms with Gasteiger partial charge >= 0.3 is 0 Å². The number of nitrogens with zero attached hydrogens (tertiary/aromatic N) is 2. The third-order valence-corrected chi connectivity index (χ3v) is 2.52. The maximum absolute atomic E-state index is 5.71. The van der Waals surface area contributed by atoms with Crippen LogP contribution in [0, 0.1) is 0 Å². The van der Waals surface area contributed by atoms with E-state index in [1.165, 1.54) is 0 Å². The predicted octanol–water partition coefficient (Wildman–Crippen LogP) is 2.41. The molecule has 0 bridgehead atoms. The van der Waals surface area contributed by atoms with Crippen LogP contribution in [-0.4, -0.2) is 29.0 Å². The van der Waals surface area contributed by atoms with E-state index in [4.69, 9.17) is 9.47 Å². The highest BCUT2D eigenvalue weighted by Gasteiger charge is 2.12. The molecule has 0 aromatic carbocycles. The van der Waals surface area contributed by atoms with Gasteiger partial charge in [0.15, 0.2) is 0 Å². The second-order valence-electron chi connectivity index (χ2n) is 6.81. The van der Waals surface area contributed by atoms with Crippen molar-refractivity contribution < 1.29 is 14.0 Å². The van der Waals surface area contributed by atoms with Crippen molar-refractivity contribution in [2.24, 2.45) is 0 Å². The number of rotatable bonds is 6. The molecule has 0 fully saturated rings. The molecule has 4 nitrogen and oxygen atoms in total. The number of aromatic nitrogens is 2. The highest BCUT2D eigenvalue weighted by Crippen LogP contribution is 2.06. The van der Waals surface area contributed by atoms with Gasteiger partial charge in [-0.15, -0.1) is 0 Å². The maximum Gasteiger partial charge on any atom is 0.243 e. The van der Waals surface area contributed by atoms with Crippen LogP contribution in [-0.2, 0) is 22.6 Å². The lowest BCUT2D eigenvalue weighted by atomic mass is 10.2. The Kier molecular flexibility index (Phi) is 5.56. The summed E-state index contributed by atoms with van der Waals surface area (Å²) in [4.78, 5) is 0. The molecule has 0 spiro atoms. The Morgan fingerprint density at radius 1 is 0.947 bits per heavy atom. The van der Waals surface area contributed by atoms with Crippen molar-refractivity contribution >= 4 is 0 Å². The van der Waals surface area contributed by atoms with Gasteiger partial charge in [-0.25, -0.2) is 9.13 Å². The molecule has 4 heteroatoms. The van der Waals surface area contributed by atoms with Crippen LogP contribution in [0.1, 0.15) is 41.5 Å². The molecule has 0 aliphatic carbocycles. The summed E-state index contributed by atoms with van der Waals surface area (Å²) >= 11 is 0. The van der Waals surface area contributed by atoms with Crippen LogP contribution in [0.25, 0.3) is 0 Å². The van der Waals surface area contributed by atoms with Gasteiger partial charge in [-0.3, -0.25) is 0 Å². The van der Waals surface area contributed by atoms with Gasteiger partial charge in [0.25, 0.3) is 0 Å². The summed E-state index contributed by atoms with van der Waals surface area (Å²) in [6.45, 7) is 15.7. The second-order valence-corrected chi connectivity index (χ2v) is 6.81. The van der Waals surface area contributed by atoms with Crippen molar-refractivity contribution in [2.45, 2.75) is 65.8 Å². The van der Waals surface area contributed by atoms with Crippen LogP contribution >= 0.6 is 0 Å². The van der Waals surface area contributed by atoms with Gasteiger partial charge < -0.3 is 9.47 Å². The molecular formula is C15H29N2O2+. The van der Waals surface area contributed by atoms with Crippen LogP contribution in [0.4, 0.5) is 0 Å². The fraction of sp³-hybridized carbons (Fsp3) is 0.800. The molecule has 0 aliphatic rings. The molecule has 1 aromatic heterocycles. The zero-order valence-corrected chi connectivity index (χ0v) is 13.3. The Bertz CT molecular complexity index is 338. The molecule has 19 heavy (non-hydrogen) atoms. The van der Waals surface area contributed by atoms with E-state index in [0.717, 1.165) is 26.3 Å². The number of imidazole rings is 1. The van der Waals surface area contributed by atoms with Gasteiger partial charge in [0.2, 0.25) is 6.33 Å². The average molecular weight is 269 g/mol. The van der Waals surface area contributed by atoms with Gasteiger partial charge in [0.1, 0.15) is 25.5 Å². The Morgan fingerprint density at radius 2 is 1.53 bits per heavy atom. The Hall–Kier alpha value is -0.870. The molecule has 0 radical (unpaired) electrons. The van der Waals surface area contributed by atoms with Gasteiger partial charge in [0, 0.05) is 0 Å². The highest BCUT2D eigenvalue weighted by molar-refractivity contribution is 4.67. The van der Waals surface area contributed by atoms with Crippen LogP contribution in [0.2, 0.25) is 0 Å². The fourth-order valence-corrected chi connectivity index (χ4v) is 1.62. The summed E-state index contributed by atoms with van der Waals surface area (Å²) in [6.07, 6.45) is 6.24. The topological polar surface area (TPSA) is 27.3 Å². The van der Waals surface area contributed by atoms with Crippen molar-refractivity contribution in [2.75, 3.05) is 13.2 Å². The first kappa shape index (κ1) is 16.2. The first-order valence-corrected chi connectivity index (χ1v) is 6.98. The van der Waals surface area contributed by atoms with Crippen molar-refractivity contribution in [1.29, 1.82) is 0 Å². The summed E-state index contributed by atoms with van der Waals surface area (Å²) in [5.41, 5.74) is -0.132. The minimum absolute atomic E-state index is 0.0658. The normalized spacial score (nSPS) is 12.9. The van der Waals surface area contributed by atoms with E-state index >= 15 is 0 Å². The fourth-order valence-electron chi connectivity index (χ4n) is 1.62. The molecule has 1 rings (SSSR count). The highest BCUT2D eigenvalue weighted by atomic mass is 16.5. The van der Waals surface area contributed by atoms with Crippen LogP contribution in [0.15, 0.2) is 18.7 Å². The molecule has 0 saturated heterocycles. The van der Waals surface area contributed by atoms with E-state index in [2.05, 4.69) is 69.4 Å². The third-order valence-electron chi connectivity index (χ3n) is 2.52. The SMILES string of the molecule is CC(C)(C)OCCn1cc[n+](CCOC(C)(C)C)c1. The van der Waals surface area contributed by atoms with E-state index in [1.807, 2.05) is 0 Å². The lowest BCUT2D eigenvalue weighted by molar-refractivity contribution is -0.698. The Labute approximate surface area is 117 Å². The number of ether oxygens (including phenoxy) is 2. The van der Waals surface area contributed by atoms with Gasteiger partial charge in [-0.05, 0) is 41.5 Å². The molecule has 0 aliphatic heterocycles. The first-order valence-electron chi connectivity index (χ1n) is 6.98. The summed E-state index contributed by atoms with van der Waals surface area (Å²) in [5.74, 6) is 0. The Morgan fingerprint density at radius 3 is 2.11 bits per heavy atom. The minimum Gasteiger partial charge on any atom is -0.372 e. The molecule has 0 atom stereocenters. The van der Waals surface area contributed by atoms with E-state index in [-0.39, 0.29) is 11.2 Å². The predicted molar refractivity (Wildman–Crippen MR) is 76.0 cm³/mol. The molecule has 0 saturated carbocycles. The van der Waals surface area contributed by atoms with Crippen LogP contribution in [0.5, 0.6) is 0 Å². The summed E-state index contributed by atoms with van der Waals surface area (Å²) < 4.78 is 15.7. The van der Waals surface area contributed by atoms with Crippen molar-refractivity contribution in [3.05, 3.63) is 18.7 Å². The smallest absolute Gasteiger partial charge is 0.243 e. The van der Waals surface area contributed by atoms with Gasteiger partial charge in [-0.2, -0.15) is 0 Å². The number of hydrogen-bond donors (Lipinski definition) is 0. The molecule has 0 amide bonds. The maximum atomic E-state index is 5.71. The monoisotopic (exact) mass is 269 g/mol. The minimum atomic E-state index is -0.0658. The van der Waals surface area contributed by atoms with Crippen molar-refractivity contribution in [3.63, 3.8) is 0 Å². The zero-order valence-electron chi connectivity index (χ0n) is 13.3. The van der Waals surface area contributed by atoms with Crippen molar-refractivity contribution in [1.82, 2.24) is 4.57 Å². The average Bonchev–Trinajstić information content (AvgIpc) is 2.62. The van der Waals surface area contributed by atoms with E-state index in [0.29, 0.717) is 0 Å². The quantitative estimate of drug-likeness (QED) is 0.742. The number of hydrogen-bond acceptors (Lipinski definition) is 2. The molecule has 110 valence electrons. The van der Waals surface area contributed by atoms with E-state index < -0.39 is 0 Å². The van der Waals surface area contributed by atoms with Gasteiger partial charge in [0.05, 0.1) is 24.4 Å². The first-order chi connectivity index (χ1) is 8.66. The Balaban J connectivity index is 2.28. The second kappa shape index (κ2) is 6.53. The zero-order chi connectivity index (χ0) is 14.5. The molecule has 0 N–H and O–H groups in total. The van der Waals surface area contributed by atoms with Crippen LogP contribution in [0.3, 0.4) is 0 Å². The molecule has 1 aromatic rings. The van der Waals surface area contributed by atoms with Gasteiger partial charge in [-0.1, -0.05) is 0 Å². The lowest BCUT2D eigenvalue weighted by Crippen LogP contribution is -2.35. The summed E-state index contributed by atoms with van der Waals surface area (Å²) in [5, 5.41) is 0. The standard InChI is InChI=1S/C15H29N2O2/c1-14(2,3)18-11-9-16-7-8-17(13-16)10-12-19-15(4,5)6/h7-8,13H,9-12H2,1-6H3/q+1. The molecule has 0 unspecified atom stereocenters. The lowest BCUT2D eigenvalue weighted by Gasteiger charge is -2.18. The summed E-state index contributed by atoms with van der Waals surface area (Å²) in [7, 11) is 0. The molecular weight excluding hydrogens is 240 g/mol. The van der Waals surface area contributed by atoms with E-state index in [1.54, 1.807) is 0 Å².